The molecule has 6 nitrogen and oxygen atoms in total. The molecule has 0 aromatic heterocycles. The molecule has 2 N–H and O–H groups in total. The zero-order chi connectivity index (χ0) is 15.5. The third kappa shape index (κ3) is 4.59. The van der Waals surface area contributed by atoms with E-state index in [2.05, 4.69) is 10.2 Å². The van der Waals surface area contributed by atoms with Crippen LogP contribution in [0.2, 0.25) is 0 Å². The number of carboxylic acid groups (broad SMARTS) is 1. The lowest BCUT2D eigenvalue weighted by atomic mass is 9.98. The topological polar surface area (TPSA) is 72.9 Å². The highest BCUT2D eigenvalue weighted by Crippen LogP contribution is 2.21. The highest BCUT2D eigenvalue weighted by atomic mass is 16.4. The van der Waals surface area contributed by atoms with Crippen molar-refractivity contribution in [3.8, 4) is 0 Å². The van der Waals surface area contributed by atoms with Crippen LogP contribution >= 0.6 is 0 Å². The minimum absolute atomic E-state index is 0.0596. The number of piperazine rings is 1. The zero-order valence-corrected chi connectivity index (χ0v) is 13.1. The van der Waals surface area contributed by atoms with Gasteiger partial charge < -0.3 is 15.3 Å². The lowest BCUT2D eigenvalue weighted by molar-refractivity contribution is -0.137. The Hall–Kier alpha value is -1.30. The maximum absolute atomic E-state index is 12.4. The molecule has 0 aliphatic carbocycles. The van der Waals surface area contributed by atoms with Gasteiger partial charge in [-0.25, -0.2) is 4.79 Å². The molecule has 0 aromatic rings. The number of amides is 2. The van der Waals surface area contributed by atoms with Gasteiger partial charge in [0, 0.05) is 37.6 Å². The summed E-state index contributed by atoms with van der Waals surface area (Å²) in [5, 5.41) is 11.7. The second-order valence-corrected chi connectivity index (χ2v) is 6.84. The molecule has 0 spiro atoms. The first kappa shape index (κ1) is 16.1. The van der Waals surface area contributed by atoms with Gasteiger partial charge in [-0.3, -0.25) is 9.69 Å². The van der Waals surface area contributed by atoms with Gasteiger partial charge in [-0.15, -0.1) is 0 Å². The first-order valence-corrected chi connectivity index (χ1v) is 7.90. The average Bonchev–Trinajstić information content (AvgIpc) is 2.44. The molecular formula is C15H27N3O3. The second kappa shape index (κ2) is 6.64. The first-order valence-electron chi connectivity index (χ1n) is 7.90. The molecule has 2 fully saturated rings. The fourth-order valence-electron chi connectivity index (χ4n) is 3.19. The number of rotatable bonds is 4. The predicted octanol–water partition coefficient (Wildman–Crippen LogP) is 1.51. The van der Waals surface area contributed by atoms with Crippen molar-refractivity contribution in [2.24, 2.45) is 0 Å². The monoisotopic (exact) mass is 297 g/mol. The Bertz CT molecular complexity index is 398. The Morgan fingerprint density at radius 3 is 2.71 bits per heavy atom. The Labute approximate surface area is 126 Å². The second-order valence-electron chi connectivity index (χ2n) is 6.84. The number of carbonyl (C=O) groups is 2. The van der Waals surface area contributed by atoms with Crippen LogP contribution in [0.15, 0.2) is 0 Å². The number of fused-ring (bicyclic) bond motifs is 1. The normalized spacial score (nSPS) is 23.5. The summed E-state index contributed by atoms with van der Waals surface area (Å²) in [6, 6.07) is 0.441. The van der Waals surface area contributed by atoms with Crippen LogP contribution in [-0.2, 0) is 4.79 Å². The van der Waals surface area contributed by atoms with Gasteiger partial charge in [0.2, 0.25) is 0 Å². The van der Waals surface area contributed by atoms with Gasteiger partial charge in [0.05, 0.1) is 0 Å². The number of carbonyl (C=O) groups excluding carboxylic acids is 1. The van der Waals surface area contributed by atoms with E-state index in [1.54, 1.807) is 0 Å². The molecule has 2 aliphatic heterocycles. The molecule has 0 saturated carbocycles. The van der Waals surface area contributed by atoms with Crippen molar-refractivity contribution in [3.05, 3.63) is 0 Å². The molecule has 2 aliphatic rings. The van der Waals surface area contributed by atoms with E-state index in [1.165, 1.54) is 19.3 Å². The third-order valence-electron chi connectivity index (χ3n) is 4.53. The molecular weight excluding hydrogens is 270 g/mol. The standard InChI is InChI=1S/C15H27N3O3/c1-15(2,7-6-13(19)20)16-14(21)18-10-9-17-8-4-3-5-12(17)11-18/h12H,3-11H2,1-2H3,(H,16,21)(H,19,20). The van der Waals surface area contributed by atoms with Crippen molar-refractivity contribution in [2.75, 3.05) is 26.2 Å². The number of carboxylic acids is 1. The van der Waals surface area contributed by atoms with Crippen molar-refractivity contribution in [1.82, 2.24) is 15.1 Å². The van der Waals surface area contributed by atoms with Gasteiger partial charge in [-0.2, -0.15) is 0 Å². The molecule has 2 rings (SSSR count). The number of hydrogen-bond acceptors (Lipinski definition) is 3. The molecule has 1 unspecified atom stereocenters. The highest BCUT2D eigenvalue weighted by Gasteiger charge is 2.32. The number of hydrogen-bond donors (Lipinski definition) is 2. The molecule has 2 amide bonds. The summed E-state index contributed by atoms with van der Waals surface area (Å²) in [4.78, 5) is 27.4. The molecule has 6 heteroatoms. The fraction of sp³-hybridized carbons (Fsp3) is 0.867. The SMILES string of the molecule is CC(C)(CCC(=O)O)NC(=O)N1CCN2CCCCC2C1. The van der Waals surface area contributed by atoms with Crippen LogP contribution in [0.5, 0.6) is 0 Å². The number of urea groups is 1. The van der Waals surface area contributed by atoms with E-state index in [0.29, 0.717) is 12.5 Å². The third-order valence-corrected chi connectivity index (χ3v) is 4.53. The minimum atomic E-state index is -0.826. The predicted molar refractivity (Wildman–Crippen MR) is 80.3 cm³/mol. The van der Waals surface area contributed by atoms with Gasteiger partial charge in [0.15, 0.2) is 0 Å². The summed E-state index contributed by atoms with van der Waals surface area (Å²) in [6.07, 6.45) is 4.21. The zero-order valence-electron chi connectivity index (χ0n) is 13.1. The Morgan fingerprint density at radius 1 is 1.24 bits per heavy atom. The molecule has 0 bridgehead atoms. The largest absolute Gasteiger partial charge is 0.481 e. The minimum Gasteiger partial charge on any atom is -0.481 e. The van der Waals surface area contributed by atoms with Gasteiger partial charge >= 0.3 is 12.0 Å². The summed E-state index contributed by atoms with van der Waals surface area (Å²) in [5.74, 6) is -0.826. The van der Waals surface area contributed by atoms with Crippen LogP contribution < -0.4 is 5.32 Å². The average molecular weight is 297 g/mol. The van der Waals surface area contributed by atoms with Gasteiger partial charge in [-0.1, -0.05) is 6.42 Å². The molecule has 0 aromatic carbocycles. The molecule has 120 valence electrons. The van der Waals surface area contributed by atoms with E-state index < -0.39 is 11.5 Å². The summed E-state index contributed by atoms with van der Waals surface area (Å²) in [7, 11) is 0. The quantitative estimate of drug-likeness (QED) is 0.825. The number of aliphatic carboxylic acids is 1. The Kier molecular flexibility index (Phi) is 5.08. The van der Waals surface area contributed by atoms with Crippen molar-refractivity contribution in [1.29, 1.82) is 0 Å². The van der Waals surface area contributed by atoms with E-state index in [9.17, 15) is 9.59 Å². The summed E-state index contributed by atoms with van der Waals surface area (Å²) < 4.78 is 0. The number of nitrogens with one attached hydrogen (secondary N) is 1. The van der Waals surface area contributed by atoms with Crippen LogP contribution in [0.25, 0.3) is 0 Å². The summed E-state index contributed by atoms with van der Waals surface area (Å²) in [5.41, 5.74) is -0.487. The maximum atomic E-state index is 12.4. The Morgan fingerprint density at radius 2 is 2.00 bits per heavy atom. The van der Waals surface area contributed by atoms with Crippen LogP contribution in [0, 0.1) is 0 Å². The molecule has 2 saturated heterocycles. The fourth-order valence-corrected chi connectivity index (χ4v) is 3.19. The summed E-state index contributed by atoms with van der Waals surface area (Å²) >= 11 is 0. The van der Waals surface area contributed by atoms with E-state index in [0.717, 1.165) is 26.2 Å². The Balaban J connectivity index is 1.84. The summed E-state index contributed by atoms with van der Waals surface area (Å²) in [6.45, 7) is 7.42. The van der Waals surface area contributed by atoms with E-state index in [-0.39, 0.29) is 12.5 Å². The maximum Gasteiger partial charge on any atom is 0.317 e. The van der Waals surface area contributed by atoms with Crippen molar-refractivity contribution in [3.63, 3.8) is 0 Å². The van der Waals surface area contributed by atoms with Gasteiger partial charge in [0.25, 0.3) is 0 Å². The van der Waals surface area contributed by atoms with Crippen LogP contribution in [-0.4, -0.2) is 64.7 Å². The molecule has 21 heavy (non-hydrogen) atoms. The number of piperidine rings is 1. The van der Waals surface area contributed by atoms with E-state index in [4.69, 9.17) is 5.11 Å². The smallest absolute Gasteiger partial charge is 0.317 e. The van der Waals surface area contributed by atoms with Gasteiger partial charge in [-0.05, 0) is 39.7 Å². The van der Waals surface area contributed by atoms with E-state index in [1.807, 2.05) is 18.7 Å². The first-order chi connectivity index (χ1) is 9.87. The molecule has 2 heterocycles. The van der Waals surface area contributed by atoms with Crippen LogP contribution in [0.4, 0.5) is 4.79 Å². The van der Waals surface area contributed by atoms with E-state index >= 15 is 0 Å². The number of nitrogens with zero attached hydrogens (tertiary/aromatic N) is 2. The van der Waals surface area contributed by atoms with Crippen LogP contribution in [0.1, 0.15) is 46.0 Å². The van der Waals surface area contributed by atoms with Crippen molar-refractivity contribution in [2.45, 2.75) is 57.5 Å². The molecule has 0 radical (unpaired) electrons. The van der Waals surface area contributed by atoms with Crippen molar-refractivity contribution < 1.29 is 14.7 Å². The lowest BCUT2D eigenvalue weighted by Gasteiger charge is -2.44. The highest BCUT2D eigenvalue weighted by molar-refractivity contribution is 5.75. The van der Waals surface area contributed by atoms with Gasteiger partial charge in [0.1, 0.15) is 0 Å². The lowest BCUT2D eigenvalue weighted by Crippen LogP contribution is -2.60. The van der Waals surface area contributed by atoms with Crippen LogP contribution in [0.3, 0.4) is 0 Å². The molecule has 1 atom stereocenters. The van der Waals surface area contributed by atoms with Crippen molar-refractivity contribution >= 4 is 12.0 Å².